The maximum Gasteiger partial charge on any atom is 0.573 e. The normalized spacial score (nSPS) is 22.6. The second-order valence-electron chi connectivity index (χ2n) is 8.64. The zero-order valence-corrected chi connectivity index (χ0v) is 19.3. The molecule has 4 heterocycles. The zero-order valence-electron chi connectivity index (χ0n) is 18.5. The number of nitrogens with one attached hydrogen (secondary N) is 1. The number of thiazole rings is 1. The largest absolute Gasteiger partial charge is 0.573 e. The van der Waals surface area contributed by atoms with Gasteiger partial charge in [-0.2, -0.15) is 18.2 Å². The smallest absolute Gasteiger partial charge is 0.422 e. The maximum atomic E-state index is 14.1. The number of anilines is 1. The molecule has 0 radical (unpaired) electrons. The van der Waals surface area contributed by atoms with E-state index in [0.29, 0.717) is 20.0 Å². The van der Waals surface area contributed by atoms with E-state index in [2.05, 4.69) is 20.0 Å². The van der Waals surface area contributed by atoms with Crippen molar-refractivity contribution in [2.75, 3.05) is 25.1 Å². The highest BCUT2D eigenvalue weighted by molar-refractivity contribution is 7.13. The van der Waals surface area contributed by atoms with Crippen LogP contribution in [-0.2, 0) is 10.3 Å². The van der Waals surface area contributed by atoms with Gasteiger partial charge in [0, 0.05) is 49.4 Å². The number of oxazole rings is 1. The fourth-order valence-electron chi connectivity index (χ4n) is 4.60. The average molecular weight is 522 g/mol. The molecule has 1 aromatic carbocycles. The number of alkyl halides is 6. The molecule has 3 unspecified atom stereocenters. The van der Waals surface area contributed by atoms with E-state index in [1.54, 1.807) is 10.3 Å². The SMILES string of the molecule is COC(C)(c1cc(-c2nccs2)c2oc(N3CC4CCC(C3)N4)nc2c1OC(F)(F)F)C(F)(F)F. The van der Waals surface area contributed by atoms with Crippen LogP contribution < -0.4 is 15.0 Å². The number of hydrogen-bond donors (Lipinski definition) is 1. The average Bonchev–Trinajstić information content (AvgIpc) is 3.52. The molecule has 0 spiro atoms. The molecule has 3 aromatic rings. The van der Waals surface area contributed by atoms with E-state index in [4.69, 9.17) is 9.15 Å². The Morgan fingerprint density at radius 1 is 1.14 bits per heavy atom. The number of nitrogens with zero attached hydrogens (tertiary/aromatic N) is 3. The summed E-state index contributed by atoms with van der Waals surface area (Å²) >= 11 is 1.09. The second-order valence-corrected chi connectivity index (χ2v) is 9.53. The molecule has 7 nitrogen and oxygen atoms in total. The van der Waals surface area contributed by atoms with Crippen LogP contribution in [0.2, 0.25) is 0 Å². The monoisotopic (exact) mass is 522 g/mol. The van der Waals surface area contributed by atoms with Crippen LogP contribution in [0.5, 0.6) is 5.75 Å². The Balaban J connectivity index is 1.78. The van der Waals surface area contributed by atoms with Gasteiger partial charge in [0.2, 0.25) is 0 Å². The van der Waals surface area contributed by atoms with Gasteiger partial charge in [-0.25, -0.2) is 4.98 Å². The molecule has 35 heavy (non-hydrogen) atoms. The summed E-state index contributed by atoms with van der Waals surface area (Å²) in [4.78, 5) is 10.1. The van der Waals surface area contributed by atoms with Crippen LogP contribution in [-0.4, -0.2) is 54.8 Å². The number of fused-ring (bicyclic) bond motifs is 3. The number of benzene rings is 1. The first-order chi connectivity index (χ1) is 16.4. The minimum Gasteiger partial charge on any atom is -0.422 e. The first-order valence-electron chi connectivity index (χ1n) is 10.7. The van der Waals surface area contributed by atoms with E-state index in [1.807, 2.05) is 0 Å². The van der Waals surface area contributed by atoms with Gasteiger partial charge < -0.3 is 24.1 Å². The minimum absolute atomic E-state index is 0.00603. The van der Waals surface area contributed by atoms with Crippen molar-refractivity contribution in [1.82, 2.24) is 15.3 Å². The van der Waals surface area contributed by atoms with Gasteiger partial charge in [-0.05, 0) is 25.8 Å². The molecule has 2 aromatic heterocycles. The topological polar surface area (TPSA) is 72.7 Å². The van der Waals surface area contributed by atoms with Gasteiger partial charge in [-0.1, -0.05) is 0 Å². The van der Waals surface area contributed by atoms with Gasteiger partial charge in [0.1, 0.15) is 5.01 Å². The number of piperazine rings is 1. The van der Waals surface area contributed by atoms with Crippen LogP contribution in [0.4, 0.5) is 32.4 Å². The zero-order chi connectivity index (χ0) is 25.2. The number of methoxy groups -OCH3 is 1. The van der Waals surface area contributed by atoms with E-state index in [1.165, 1.54) is 6.20 Å². The molecule has 14 heteroatoms. The van der Waals surface area contributed by atoms with E-state index in [0.717, 1.165) is 37.4 Å². The lowest BCUT2D eigenvalue weighted by Crippen LogP contribution is -2.51. The summed E-state index contributed by atoms with van der Waals surface area (Å²) in [5.74, 6) is -1.12. The number of aromatic nitrogens is 2. The van der Waals surface area contributed by atoms with Crippen molar-refractivity contribution in [2.24, 2.45) is 0 Å². The summed E-state index contributed by atoms with van der Waals surface area (Å²) in [5.41, 5.74) is -4.60. The van der Waals surface area contributed by atoms with Crippen molar-refractivity contribution >= 4 is 28.5 Å². The van der Waals surface area contributed by atoms with Crippen LogP contribution in [0.25, 0.3) is 21.7 Å². The third-order valence-corrected chi connectivity index (χ3v) is 7.25. The van der Waals surface area contributed by atoms with Crippen LogP contribution in [0.15, 0.2) is 22.1 Å². The van der Waals surface area contributed by atoms with Crippen LogP contribution in [0, 0.1) is 0 Å². The van der Waals surface area contributed by atoms with Gasteiger partial charge in [0.05, 0.1) is 5.56 Å². The Labute approximate surface area is 199 Å². The molecule has 2 bridgehead atoms. The first-order valence-corrected chi connectivity index (χ1v) is 11.5. The van der Waals surface area contributed by atoms with E-state index >= 15 is 0 Å². The lowest BCUT2D eigenvalue weighted by atomic mass is 9.91. The molecule has 0 amide bonds. The molecule has 0 aliphatic carbocycles. The highest BCUT2D eigenvalue weighted by Crippen LogP contribution is 2.51. The Hall–Kier alpha value is -2.58. The van der Waals surface area contributed by atoms with Gasteiger partial charge in [0.25, 0.3) is 6.01 Å². The standard InChI is InChI=1S/C21H20F6N4O3S/c1-19(32-2,20(22,23)24)13-7-12(17-28-5-6-35-17)15-14(16(13)34-21(25,26)27)30-18(33-15)31-8-10-3-4-11(9-31)29-10/h5-7,10-11,29H,3-4,8-9H2,1-2H3. The lowest BCUT2D eigenvalue weighted by Gasteiger charge is -2.32. The van der Waals surface area contributed by atoms with Crippen molar-refractivity contribution in [3.05, 3.63) is 23.2 Å². The number of halogens is 6. The lowest BCUT2D eigenvalue weighted by molar-refractivity contribution is -0.283. The van der Waals surface area contributed by atoms with Crippen molar-refractivity contribution in [2.45, 2.75) is 50.0 Å². The predicted molar refractivity (Wildman–Crippen MR) is 114 cm³/mol. The summed E-state index contributed by atoms with van der Waals surface area (Å²) in [6, 6.07) is 1.25. The predicted octanol–water partition coefficient (Wildman–Crippen LogP) is 5.21. The Morgan fingerprint density at radius 2 is 1.83 bits per heavy atom. The molecule has 2 saturated heterocycles. The van der Waals surface area contributed by atoms with Crippen LogP contribution >= 0.6 is 11.3 Å². The molecule has 3 atom stereocenters. The van der Waals surface area contributed by atoms with Crippen LogP contribution in [0.1, 0.15) is 25.3 Å². The number of ether oxygens (including phenoxy) is 2. The summed E-state index contributed by atoms with van der Waals surface area (Å²) in [6.07, 6.45) is -7.09. The van der Waals surface area contributed by atoms with E-state index < -0.39 is 35.0 Å². The molecular weight excluding hydrogens is 502 g/mol. The molecule has 2 aliphatic heterocycles. The summed E-state index contributed by atoms with van der Waals surface area (Å²) in [7, 11) is 0.767. The fraction of sp³-hybridized carbons (Fsp3) is 0.524. The summed E-state index contributed by atoms with van der Waals surface area (Å²) in [5, 5.41) is 5.26. The number of hydrogen-bond acceptors (Lipinski definition) is 8. The fourth-order valence-corrected chi connectivity index (χ4v) is 5.25. The Morgan fingerprint density at radius 3 is 2.37 bits per heavy atom. The highest BCUT2D eigenvalue weighted by atomic mass is 32.1. The van der Waals surface area contributed by atoms with Crippen molar-refractivity contribution < 1.29 is 40.2 Å². The quantitative estimate of drug-likeness (QED) is 0.461. The minimum atomic E-state index is -5.29. The van der Waals surface area contributed by atoms with Gasteiger partial charge in [-0.3, -0.25) is 0 Å². The molecular formula is C21H20F6N4O3S. The molecule has 5 rings (SSSR count). The van der Waals surface area contributed by atoms with Gasteiger partial charge >= 0.3 is 12.5 Å². The Bertz CT molecular complexity index is 1220. The van der Waals surface area contributed by atoms with Gasteiger partial charge in [-0.15, -0.1) is 24.5 Å². The maximum absolute atomic E-state index is 14.1. The highest BCUT2D eigenvalue weighted by Gasteiger charge is 2.56. The first kappa shape index (κ1) is 24.1. The molecule has 2 aliphatic rings. The second kappa shape index (κ2) is 8.23. The molecule has 1 N–H and O–H groups in total. The molecule has 190 valence electrons. The molecule has 2 fully saturated rings. The van der Waals surface area contributed by atoms with Crippen molar-refractivity contribution in [3.8, 4) is 16.3 Å². The Kier molecular flexibility index (Phi) is 5.68. The third kappa shape index (κ3) is 4.20. The van der Waals surface area contributed by atoms with Gasteiger partial charge in [0.15, 0.2) is 22.5 Å². The van der Waals surface area contributed by atoms with E-state index in [9.17, 15) is 26.3 Å². The van der Waals surface area contributed by atoms with Crippen LogP contribution in [0.3, 0.4) is 0 Å². The summed E-state index contributed by atoms with van der Waals surface area (Å²) in [6.45, 7) is 1.63. The third-order valence-electron chi connectivity index (χ3n) is 6.44. The van der Waals surface area contributed by atoms with Crippen molar-refractivity contribution in [1.29, 1.82) is 0 Å². The van der Waals surface area contributed by atoms with E-state index in [-0.39, 0.29) is 34.3 Å². The van der Waals surface area contributed by atoms with Crippen molar-refractivity contribution in [3.63, 3.8) is 0 Å². The summed E-state index contributed by atoms with van der Waals surface area (Å²) < 4.78 is 97.6. The molecule has 0 saturated carbocycles. The number of rotatable bonds is 5.